The average molecular weight is 416 g/mol. The van der Waals surface area contributed by atoms with Gasteiger partial charge in [-0.25, -0.2) is 4.79 Å². The van der Waals surface area contributed by atoms with Gasteiger partial charge >= 0.3 is 6.03 Å². The van der Waals surface area contributed by atoms with Crippen LogP contribution in [0.4, 0.5) is 10.5 Å². The summed E-state index contributed by atoms with van der Waals surface area (Å²) in [5.74, 6) is -0.311. The smallest absolute Gasteiger partial charge is 0.321 e. The Bertz CT molecular complexity index is 748. The normalized spacial score (nSPS) is 18.2. The van der Waals surface area contributed by atoms with Gasteiger partial charge < -0.3 is 10.6 Å². The lowest BCUT2D eigenvalue weighted by molar-refractivity contribution is -0.122. The summed E-state index contributed by atoms with van der Waals surface area (Å²) in [6.45, 7) is 7.30. The molecule has 164 valence electrons. The Morgan fingerprint density at radius 3 is 2.00 bits per heavy atom. The Hall–Kier alpha value is -2.45. The molecule has 2 aliphatic rings. The van der Waals surface area contributed by atoms with Crippen LogP contribution >= 0.6 is 0 Å². The summed E-state index contributed by atoms with van der Waals surface area (Å²) < 4.78 is 0. The van der Waals surface area contributed by atoms with Gasteiger partial charge in [0.25, 0.3) is 0 Å². The number of piperazine rings is 1. The molecule has 1 saturated carbocycles. The van der Waals surface area contributed by atoms with Crippen LogP contribution in [-0.4, -0.2) is 73.0 Å². The van der Waals surface area contributed by atoms with Gasteiger partial charge in [0.05, 0.1) is 13.1 Å². The van der Waals surface area contributed by atoms with Crippen molar-refractivity contribution in [1.82, 2.24) is 20.4 Å². The number of urea groups is 1. The minimum atomic E-state index is -0.395. The number of amides is 4. The van der Waals surface area contributed by atoms with E-state index in [9.17, 15) is 14.4 Å². The molecule has 1 saturated heterocycles. The number of imide groups is 1. The van der Waals surface area contributed by atoms with E-state index in [1.165, 1.54) is 0 Å². The fourth-order valence-electron chi connectivity index (χ4n) is 4.16. The fourth-order valence-corrected chi connectivity index (χ4v) is 4.16. The van der Waals surface area contributed by atoms with Gasteiger partial charge in [-0.1, -0.05) is 31.0 Å². The molecule has 3 rings (SSSR count). The largest absolute Gasteiger partial charge is 0.335 e. The molecule has 8 heteroatoms. The van der Waals surface area contributed by atoms with Crippen molar-refractivity contribution in [1.29, 1.82) is 0 Å². The van der Waals surface area contributed by atoms with Crippen LogP contribution in [0.1, 0.15) is 36.8 Å². The van der Waals surface area contributed by atoms with Crippen LogP contribution in [0.25, 0.3) is 0 Å². The second kappa shape index (κ2) is 10.5. The molecule has 4 amide bonds. The molecule has 0 radical (unpaired) electrons. The van der Waals surface area contributed by atoms with Gasteiger partial charge in [0.1, 0.15) is 0 Å². The Kier molecular flexibility index (Phi) is 7.81. The van der Waals surface area contributed by atoms with E-state index >= 15 is 0 Å². The maximum atomic E-state index is 12.4. The van der Waals surface area contributed by atoms with E-state index in [0.717, 1.165) is 42.5 Å². The Morgan fingerprint density at radius 2 is 1.43 bits per heavy atom. The first kappa shape index (κ1) is 22.2. The van der Waals surface area contributed by atoms with E-state index in [1.807, 2.05) is 36.9 Å². The van der Waals surface area contributed by atoms with Crippen molar-refractivity contribution >= 4 is 23.5 Å². The Morgan fingerprint density at radius 1 is 0.900 bits per heavy atom. The molecule has 1 heterocycles. The van der Waals surface area contributed by atoms with E-state index in [0.29, 0.717) is 32.7 Å². The molecule has 8 nitrogen and oxygen atoms in total. The van der Waals surface area contributed by atoms with Crippen LogP contribution in [0.15, 0.2) is 18.2 Å². The third-order valence-electron chi connectivity index (χ3n) is 5.89. The van der Waals surface area contributed by atoms with Gasteiger partial charge in [-0.3, -0.25) is 24.7 Å². The molecule has 1 aromatic carbocycles. The highest BCUT2D eigenvalue weighted by Crippen LogP contribution is 2.19. The number of anilines is 1. The van der Waals surface area contributed by atoms with E-state index in [1.54, 1.807) is 0 Å². The van der Waals surface area contributed by atoms with Gasteiger partial charge in [0.15, 0.2) is 0 Å². The fraction of sp³-hybridized carbons (Fsp3) is 0.591. The maximum Gasteiger partial charge on any atom is 0.321 e. The van der Waals surface area contributed by atoms with Crippen LogP contribution in [0.5, 0.6) is 0 Å². The number of para-hydroxylation sites is 1. The number of benzene rings is 1. The van der Waals surface area contributed by atoms with Crippen molar-refractivity contribution in [3.05, 3.63) is 29.3 Å². The lowest BCUT2D eigenvalue weighted by atomic mass is 10.1. The molecule has 0 atom stereocenters. The molecule has 2 fully saturated rings. The zero-order valence-corrected chi connectivity index (χ0v) is 18.0. The second-order valence-electron chi connectivity index (χ2n) is 8.37. The van der Waals surface area contributed by atoms with Gasteiger partial charge in [0, 0.05) is 37.9 Å². The quantitative estimate of drug-likeness (QED) is 0.657. The first-order chi connectivity index (χ1) is 14.4. The third-order valence-corrected chi connectivity index (χ3v) is 5.89. The number of carbonyl (C=O) groups is 3. The van der Waals surface area contributed by atoms with Crippen molar-refractivity contribution in [2.24, 2.45) is 0 Å². The van der Waals surface area contributed by atoms with Gasteiger partial charge in [-0.15, -0.1) is 0 Å². The van der Waals surface area contributed by atoms with Crippen molar-refractivity contribution in [2.75, 3.05) is 44.6 Å². The number of hydrogen-bond donors (Lipinski definition) is 3. The van der Waals surface area contributed by atoms with E-state index < -0.39 is 6.03 Å². The minimum Gasteiger partial charge on any atom is -0.335 e. The summed E-state index contributed by atoms with van der Waals surface area (Å²) in [4.78, 5) is 40.6. The second-order valence-corrected chi connectivity index (χ2v) is 8.37. The number of nitrogens with one attached hydrogen (secondary N) is 3. The van der Waals surface area contributed by atoms with E-state index in [4.69, 9.17) is 0 Å². The predicted molar refractivity (Wildman–Crippen MR) is 116 cm³/mol. The first-order valence-electron chi connectivity index (χ1n) is 10.8. The van der Waals surface area contributed by atoms with Crippen molar-refractivity contribution in [3.8, 4) is 0 Å². The molecule has 1 aromatic rings. The summed E-state index contributed by atoms with van der Waals surface area (Å²) in [5.41, 5.74) is 2.99. The van der Waals surface area contributed by atoms with Crippen molar-refractivity contribution in [3.63, 3.8) is 0 Å². The molecule has 1 aliphatic heterocycles. The number of nitrogens with zero attached hydrogens (tertiary/aromatic N) is 2. The number of aryl methyl sites for hydroxylation is 2. The summed E-state index contributed by atoms with van der Waals surface area (Å²) in [6, 6.07) is 5.75. The highest BCUT2D eigenvalue weighted by Gasteiger charge is 2.23. The molecule has 1 aliphatic carbocycles. The van der Waals surface area contributed by atoms with Crippen LogP contribution in [0, 0.1) is 13.8 Å². The zero-order valence-electron chi connectivity index (χ0n) is 18.0. The van der Waals surface area contributed by atoms with Crippen LogP contribution < -0.4 is 16.0 Å². The van der Waals surface area contributed by atoms with Crippen LogP contribution in [-0.2, 0) is 9.59 Å². The minimum absolute atomic E-state index is 0.0258. The number of hydrogen-bond acceptors (Lipinski definition) is 5. The zero-order chi connectivity index (χ0) is 21.5. The van der Waals surface area contributed by atoms with Gasteiger partial charge in [0.2, 0.25) is 11.8 Å². The molecular weight excluding hydrogens is 382 g/mol. The number of carbonyl (C=O) groups excluding carboxylic acids is 3. The lowest BCUT2D eigenvalue weighted by Gasteiger charge is -2.33. The standard InChI is InChI=1S/C22H33N5O3/c1-16-6-5-7-17(2)21(16)24-19(28)14-26-10-12-27(13-11-26)15-20(29)25-22(30)23-18-8-3-4-9-18/h5-7,18H,3-4,8-15H2,1-2H3,(H,24,28)(H2,23,25,29,30). The van der Waals surface area contributed by atoms with E-state index in [-0.39, 0.29) is 24.4 Å². The monoisotopic (exact) mass is 415 g/mol. The van der Waals surface area contributed by atoms with E-state index in [2.05, 4.69) is 20.9 Å². The highest BCUT2D eigenvalue weighted by molar-refractivity contribution is 5.95. The van der Waals surface area contributed by atoms with Crippen molar-refractivity contribution in [2.45, 2.75) is 45.6 Å². The Balaban J connectivity index is 1.35. The van der Waals surface area contributed by atoms with Crippen LogP contribution in [0.2, 0.25) is 0 Å². The predicted octanol–water partition coefficient (Wildman–Crippen LogP) is 1.63. The maximum absolute atomic E-state index is 12.4. The molecule has 0 spiro atoms. The molecule has 0 unspecified atom stereocenters. The third kappa shape index (κ3) is 6.53. The summed E-state index contributed by atoms with van der Waals surface area (Å²) in [6.07, 6.45) is 4.23. The molecular formula is C22H33N5O3. The SMILES string of the molecule is Cc1cccc(C)c1NC(=O)CN1CCN(CC(=O)NC(=O)NC2CCCC2)CC1. The highest BCUT2D eigenvalue weighted by atomic mass is 16.2. The molecule has 0 bridgehead atoms. The molecule has 30 heavy (non-hydrogen) atoms. The summed E-state index contributed by atoms with van der Waals surface area (Å²) in [7, 11) is 0. The Labute approximate surface area is 178 Å². The lowest BCUT2D eigenvalue weighted by Crippen LogP contribution is -2.52. The summed E-state index contributed by atoms with van der Waals surface area (Å²) in [5, 5.41) is 8.31. The molecule has 3 N–H and O–H groups in total. The van der Waals surface area contributed by atoms with Crippen LogP contribution in [0.3, 0.4) is 0 Å². The molecule has 0 aromatic heterocycles. The average Bonchev–Trinajstić information content (AvgIpc) is 3.19. The van der Waals surface area contributed by atoms with Gasteiger partial charge in [-0.2, -0.15) is 0 Å². The van der Waals surface area contributed by atoms with Gasteiger partial charge in [-0.05, 0) is 37.8 Å². The van der Waals surface area contributed by atoms with Crippen molar-refractivity contribution < 1.29 is 14.4 Å². The number of rotatable bonds is 6. The first-order valence-corrected chi connectivity index (χ1v) is 10.8. The summed E-state index contributed by atoms with van der Waals surface area (Å²) >= 11 is 0. The topological polar surface area (TPSA) is 93.8 Å².